The van der Waals surface area contributed by atoms with Gasteiger partial charge in [0.05, 0.1) is 5.02 Å². The van der Waals surface area contributed by atoms with Gasteiger partial charge in [-0.1, -0.05) is 11.6 Å². The number of pyridine rings is 1. The molecule has 0 fully saturated rings. The maximum Gasteiger partial charge on any atom is 0.302 e. The molecule has 0 saturated carbocycles. The largest absolute Gasteiger partial charge is 0.461 e. The van der Waals surface area contributed by atoms with E-state index < -0.39 is 0 Å². The van der Waals surface area contributed by atoms with E-state index in [-0.39, 0.29) is 12.6 Å². The molecular weight excluding hydrogens is 178 g/mol. The van der Waals surface area contributed by atoms with E-state index in [2.05, 4.69) is 4.98 Å². The van der Waals surface area contributed by atoms with Gasteiger partial charge >= 0.3 is 5.97 Å². The minimum absolute atomic E-state index is 0.205. The Hall–Kier alpha value is -1.09. The number of hydrogen-bond acceptors (Lipinski definition) is 3. The number of aromatic nitrogens is 1. The summed E-state index contributed by atoms with van der Waals surface area (Å²) in [5, 5.41) is 0.513. The fourth-order valence-electron chi connectivity index (χ4n) is 0.700. The summed E-state index contributed by atoms with van der Waals surface area (Å²) < 4.78 is 4.76. The van der Waals surface area contributed by atoms with Gasteiger partial charge in [0.25, 0.3) is 0 Å². The molecule has 3 nitrogen and oxygen atoms in total. The average Bonchev–Trinajstić information content (AvgIpc) is 2.03. The van der Waals surface area contributed by atoms with E-state index in [4.69, 9.17) is 16.3 Å². The Balaban J connectivity index is 2.63. The molecule has 0 unspecified atom stereocenters. The number of hydrogen-bond donors (Lipinski definition) is 0. The minimum atomic E-state index is -0.317. The lowest BCUT2D eigenvalue weighted by atomic mass is 10.3. The van der Waals surface area contributed by atoms with Crippen LogP contribution in [0.2, 0.25) is 5.02 Å². The molecule has 64 valence electrons. The zero-order valence-electron chi connectivity index (χ0n) is 6.58. The molecule has 1 heterocycles. The molecule has 0 aromatic carbocycles. The van der Waals surface area contributed by atoms with Crippen LogP contribution in [0, 0.1) is 0 Å². The molecule has 4 heteroatoms. The standard InChI is InChI=1S/C8H8ClNO2/c1-6(11)12-5-7-2-3-10-4-8(7)9/h2-4H,5H2,1H3. The number of halogens is 1. The Morgan fingerprint density at radius 1 is 1.75 bits per heavy atom. The van der Waals surface area contributed by atoms with Crippen molar-refractivity contribution in [1.29, 1.82) is 0 Å². The molecule has 0 radical (unpaired) electrons. The molecular formula is C8H8ClNO2. The van der Waals surface area contributed by atoms with Gasteiger partial charge in [0, 0.05) is 24.9 Å². The quantitative estimate of drug-likeness (QED) is 0.660. The van der Waals surface area contributed by atoms with Gasteiger partial charge in [-0.2, -0.15) is 0 Å². The number of carbonyl (C=O) groups is 1. The van der Waals surface area contributed by atoms with Gasteiger partial charge in [0.15, 0.2) is 0 Å². The Morgan fingerprint density at radius 3 is 3.08 bits per heavy atom. The smallest absolute Gasteiger partial charge is 0.302 e. The Kier molecular flexibility index (Phi) is 3.05. The number of carbonyl (C=O) groups excluding carboxylic acids is 1. The highest BCUT2D eigenvalue weighted by Gasteiger charge is 2.00. The second-order valence-electron chi connectivity index (χ2n) is 2.25. The summed E-state index contributed by atoms with van der Waals surface area (Å²) in [4.78, 5) is 14.2. The van der Waals surface area contributed by atoms with E-state index in [0.717, 1.165) is 5.56 Å². The molecule has 0 spiro atoms. The van der Waals surface area contributed by atoms with Crippen molar-refractivity contribution >= 4 is 17.6 Å². The van der Waals surface area contributed by atoms with Crippen molar-refractivity contribution in [3.05, 3.63) is 29.0 Å². The molecule has 0 aliphatic carbocycles. The molecule has 0 bridgehead atoms. The first-order valence-electron chi connectivity index (χ1n) is 3.42. The molecule has 1 aromatic heterocycles. The summed E-state index contributed by atoms with van der Waals surface area (Å²) in [5.74, 6) is -0.317. The van der Waals surface area contributed by atoms with Crippen molar-refractivity contribution in [1.82, 2.24) is 4.98 Å². The Labute approximate surface area is 75.3 Å². The Morgan fingerprint density at radius 2 is 2.50 bits per heavy atom. The van der Waals surface area contributed by atoms with Crippen molar-refractivity contribution in [3.63, 3.8) is 0 Å². The number of ether oxygens (including phenoxy) is 1. The predicted molar refractivity (Wildman–Crippen MR) is 44.7 cm³/mol. The van der Waals surface area contributed by atoms with E-state index in [9.17, 15) is 4.79 Å². The van der Waals surface area contributed by atoms with E-state index in [1.807, 2.05) is 0 Å². The van der Waals surface area contributed by atoms with Gasteiger partial charge in [-0.25, -0.2) is 0 Å². The molecule has 0 saturated heterocycles. The maximum absolute atomic E-state index is 10.4. The molecule has 0 aliphatic heterocycles. The van der Waals surface area contributed by atoms with E-state index in [0.29, 0.717) is 5.02 Å². The van der Waals surface area contributed by atoms with Crippen molar-refractivity contribution in [3.8, 4) is 0 Å². The van der Waals surface area contributed by atoms with Crippen LogP contribution in [0.5, 0.6) is 0 Å². The van der Waals surface area contributed by atoms with Crippen molar-refractivity contribution < 1.29 is 9.53 Å². The number of nitrogens with zero attached hydrogens (tertiary/aromatic N) is 1. The normalized spacial score (nSPS) is 9.50. The van der Waals surface area contributed by atoms with Gasteiger partial charge in [0.1, 0.15) is 6.61 Å². The minimum Gasteiger partial charge on any atom is -0.461 e. The zero-order chi connectivity index (χ0) is 8.97. The van der Waals surface area contributed by atoms with Gasteiger partial charge in [-0.15, -0.1) is 0 Å². The summed E-state index contributed by atoms with van der Waals surface area (Å²) in [7, 11) is 0. The van der Waals surface area contributed by atoms with Crippen molar-refractivity contribution in [2.75, 3.05) is 0 Å². The second-order valence-corrected chi connectivity index (χ2v) is 2.65. The van der Waals surface area contributed by atoms with Crippen molar-refractivity contribution in [2.45, 2.75) is 13.5 Å². The van der Waals surface area contributed by atoms with Crippen LogP contribution in [-0.2, 0) is 16.1 Å². The maximum atomic E-state index is 10.4. The van der Waals surface area contributed by atoms with Crippen LogP contribution in [0.1, 0.15) is 12.5 Å². The van der Waals surface area contributed by atoms with Crippen LogP contribution >= 0.6 is 11.6 Å². The van der Waals surface area contributed by atoms with Gasteiger partial charge in [-0.3, -0.25) is 9.78 Å². The van der Waals surface area contributed by atoms with E-state index in [1.54, 1.807) is 12.3 Å². The first kappa shape index (κ1) is 9.00. The monoisotopic (exact) mass is 185 g/mol. The highest BCUT2D eigenvalue weighted by atomic mass is 35.5. The second kappa shape index (κ2) is 4.07. The predicted octanol–water partition coefficient (Wildman–Crippen LogP) is 1.80. The third kappa shape index (κ3) is 2.51. The SMILES string of the molecule is CC(=O)OCc1ccncc1Cl. The molecule has 0 aliphatic rings. The summed E-state index contributed by atoms with van der Waals surface area (Å²) in [5.41, 5.74) is 0.766. The molecule has 12 heavy (non-hydrogen) atoms. The number of rotatable bonds is 2. The van der Waals surface area contributed by atoms with Gasteiger partial charge in [0.2, 0.25) is 0 Å². The molecule has 0 atom stereocenters. The summed E-state index contributed by atoms with van der Waals surface area (Å²) in [6, 6.07) is 1.71. The highest BCUT2D eigenvalue weighted by Crippen LogP contribution is 2.13. The first-order chi connectivity index (χ1) is 5.70. The van der Waals surface area contributed by atoms with Crippen LogP contribution in [0.15, 0.2) is 18.5 Å². The lowest BCUT2D eigenvalue weighted by Crippen LogP contribution is -1.99. The molecule has 0 N–H and O–H groups in total. The number of esters is 1. The fourth-order valence-corrected chi connectivity index (χ4v) is 0.874. The van der Waals surface area contributed by atoms with Crippen LogP contribution in [0.4, 0.5) is 0 Å². The first-order valence-corrected chi connectivity index (χ1v) is 3.79. The molecule has 1 rings (SSSR count). The van der Waals surface area contributed by atoms with Gasteiger partial charge in [-0.05, 0) is 6.07 Å². The highest BCUT2D eigenvalue weighted by molar-refractivity contribution is 6.31. The lowest BCUT2D eigenvalue weighted by Gasteiger charge is -2.02. The Bertz CT molecular complexity index is 288. The lowest BCUT2D eigenvalue weighted by molar-refractivity contribution is -0.142. The van der Waals surface area contributed by atoms with Crippen LogP contribution in [0.25, 0.3) is 0 Å². The van der Waals surface area contributed by atoms with Crippen LogP contribution < -0.4 is 0 Å². The average molecular weight is 186 g/mol. The van der Waals surface area contributed by atoms with Crippen LogP contribution in [0.3, 0.4) is 0 Å². The summed E-state index contributed by atoms with van der Waals surface area (Å²) in [6.07, 6.45) is 3.12. The summed E-state index contributed by atoms with van der Waals surface area (Å²) >= 11 is 5.75. The zero-order valence-corrected chi connectivity index (χ0v) is 7.34. The van der Waals surface area contributed by atoms with Crippen molar-refractivity contribution in [2.24, 2.45) is 0 Å². The van der Waals surface area contributed by atoms with Crippen LogP contribution in [-0.4, -0.2) is 11.0 Å². The van der Waals surface area contributed by atoms with E-state index in [1.165, 1.54) is 13.1 Å². The summed E-state index contributed by atoms with van der Waals surface area (Å²) in [6.45, 7) is 1.56. The molecule has 1 aromatic rings. The van der Waals surface area contributed by atoms with E-state index >= 15 is 0 Å². The third-order valence-electron chi connectivity index (χ3n) is 1.29. The fraction of sp³-hybridized carbons (Fsp3) is 0.250. The topological polar surface area (TPSA) is 39.2 Å². The van der Waals surface area contributed by atoms with Gasteiger partial charge < -0.3 is 4.74 Å². The molecule has 0 amide bonds. The third-order valence-corrected chi connectivity index (χ3v) is 1.63.